The summed E-state index contributed by atoms with van der Waals surface area (Å²) in [7, 11) is 0. The van der Waals surface area contributed by atoms with Crippen molar-refractivity contribution in [3.63, 3.8) is 0 Å². The monoisotopic (exact) mass is 311 g/mol. The van der Waals surface area contributed by atoms with Gasteiger partial charge in [-0.25, -0.2) is 4.98 Å². The van der Waals surface area contributed by atoms with Crippen molar-refractivity contribution in [2.24, 2.45) is 5.73 Å². The molecule has 0 bridgehead atoms. The second-order valence-corrected chi connectivity index (χ2v) is 6.42. The van der Waals surface area contributed by atoms with Crippen LogP contribution in [0, 0.1) is 0 Å². The third-order valence-corrected chi connectivity index (χ3v) is 5.06. The van der Waals surface area contributed by atoms with Gasteiger partial charge in [0.25, 0.3) is 5.91 Å². The van der Waals surface area contributed by atoms with E-state index in [1.165, 1.54) is 11.3 Å². The molecule has 2 fully saturated rings. The summed E-state index contributed by atoms with van der Waals surface area (Å²) >= 11 is 1.38. The lowest BCUT2D eigenvalue weighted by molar-refractivity contribution is 0.0720. The molecule has 3 heterocycles. The Kier molecular flexibility index (Phi) is 4.27. The Morgan fingerprint density at radius 1 is 1.24 bits per heavy atom. The number of nitrogens with two attached hydrogens (primary N) is 2. The standard InChI is InChI=1S/C13H21N5O2S/c14-9-1-3-17(4-2-9)12(19)10-11(15)16-13(21-10)18-5-7-20-8-6-18/h9H,1-8,14-15H2. The molecule has 8 heteroatoms. The minimum Gasteiger partial charge on any atom is -0.382 e. The molecule has 2 aliphatic rings. The van der Waals surface area contributed by atoms with Gasteiger partial charge in [-0.15, -0.1) is 0 Å². The summed E-state index contributed by atoms with van der Waals surface area (Å²) in [5, 5.41) is 0.813. The van der Waals surface area contributed by atoms with E-state index >= 15 is 0 Å². The Morgan fingerprint density at radius 2 is 1.90 bits per heavy atom. The molecule has 1 amide bonds. The minimum absolute atomic E-state index is 0.0172. The molecule has 7 nitrogen and oxygen atoms in total. The summed E-state index contributed by atoms with van der Waals surface area (Å²) < 4.78 is 5.33. The number of aromatic nitrogens is 1. The summed E-state index contributed by atoms with van der Waals surface area (Å²) in [4.78, 5) is 21.4. The third kappa shape index (κ3) is 3.12. The van der Waals surface area contributed by atoms with Crippen molar-refractivity contribution < 1.29 is 9.53 Å². The highest BCUT2D eigenvalue weighted by Gasteiger charge is 2.27. The summed E-state index contributed by atoms with van der Waals surface area (Å²) in [6.45, 7) is 4.35. The number of carbonyl (C=O) groups is 1. The van der Waals surface area contributed by atoms with Gasteiger partial charge in [-0.05, 0) is 12.8 Å². The van der Waals surface area contributed by atoms with Crippen LogP contribution in [0.15, 0.2) is 0 Å². The van der Waals surface area contributed by atoms with Gasteiger partial charge in [0.1, 0.15) is 10.7 Å². The molecular formula is C13H21N5O2S. The summed E-state index contributed by atoms with van der Waals surface area (Å²) in [5.74, 6) is 0.317. The van der Waals surface area contributed by atoms with E-state index in [-0.39, 0.29) is 11.9 Å². The Labute approximate surface area is 127 Å². The fraction of sp³-hybridized carbons (Fsp3) is 0.692. The van der Waals surface area contributed by atoms with Crippen molar-refractivity contribution in [1.82, 2.24) is 9.88 Å². The number of hydrogen-bond donors (Lipinski definition) is 2. The predicted molar refractivity (Wildman–Crippen MR) is 82.7 cm³/mol. The van der Waals surface area contributed by atoms with Gasteiger partial charge in [-0.3, -0.25) is 4.79 Å². The number of morpholine rings is 1. The zero-order valence-electron chi connectivity index (χ0n) is 12.0. The first-order valence-electron chi connectivity index (χ1n) is 7.29. The van der Waals surface area contributed by atoms with Gasteiger partial charge in [0.15, 0.2) is 5.13 Å². The number of rotatable bonds is 2. The fourth-order valence-corrected chi connectivity index (χ4v) is 3.61. The minimum atomic E-state index is -0.0172. The van der Waals surface area contributed by atoms with Crippen LogP contribution in [-0.4, -0.2) is 61.2 Å². The molecule has 0 atom stereocenters. The van der Waals surface area contributed by atoms with Crippen LogP contribution in [0.25, 0.3) is 0 Å². The van der Waals surface area contributed by atoms with Crippen LogP contribution in [0.1, 0.15) is 22.5 Å². The molecule has 0 aromatic carbocycles. The number of ether oxygens (including phenoxy) is 1. The van der Waals surface area contributed by atoms with Gasteiger partial charge in [-0.1, -0.05) is 11.3 Å². The Balaban J connectivity index is 1.72. The first-order chi connectivity index (χ1) is 10.1. The van der Waals surface area contributed by atoms with Crippen molar-refractivity contribution in [3.8, 4) is 0 Å². The van der Waals surface area contributed by atoms with Crippen LogP contribution >= 0.6 is 11.3 Å². The van der Waals surface area contributed by atoms with E-state index in [1.54, 1.807) is 0 Å². The topological polar surface area (TPSA) is 97.7 Å². The fourth-order valence-electron chi connectivity index (χ4n) is 2.61. The molecule has 21 heavy (non-hydrogen) atoms. The molecule has 3 rings (SSSR count). The second kappa shape index (κ2) is 6.17. The lowest BCUT2D eigenvalue weighted by atomic mass is 10.1. The Morgan fingerprint density at radius 3 is 2.57 bits per heavy atom. The van der Waals surface area contributed by atoms with E-state index in [9.17, 15) is 4.79 Å². The van der Waals surface area contributed by atoms with Crippen molar-refractivity contribution in [3.05, 3.63) is 4.88 Å². The van der Waals surface area contributed by atoms with E-state index in [0.717, 1.165) is 31.1 Å². The maximum Gasteiger partial charge on any atom is 0.267 e. The highest BCUT2D eigenvalue weighted by Crippen LogP contribution is 2.30. The van der Waals surface area contributed by atoms with Crippen molar-refractivity contribution in [1.29, 1.82) is 0 Å². The molecule has 4 N–H and O–H groups in total. The van der Waals surface area contributed by atoms with E-state index < -0.39 is 0 Å². The second-order valence-electron chi connectivity index (χ2n) is 5.44. The lowest BCUT2D eigenvalue weighted by Gasteiger charge is -2.29. The first-order valence-corrected chi connectivity index (χ1v) is 8.10. The van der Waals surface area contributed by atoms with Crippen LogP contribution in [-0.2, 0) is 4.74 Å². The number of thiazole rings is 1. The number of amides is 1. The smallest absolute Gasteiger partial charge is 0.267 e. The third-order valence-electron chi connectivity index (χ3n) is 3.94. The maximum atomic E-state index is 12.6. The van der Waals surface area contributed by atoms with Gasteiger partial charge >= 0.3 is 0 Å². The van der Waals surface area contributed by atoms with Gasteiger partial charge < -0.3 is 26.0 Å². The van der Waals surface area contributed by atoms with Crippen LogP contribution in [0.3, 0.4) is 0 Å². The van der Waals surface area contributed by atoms with E-state index in [4.69, 9.17) is 16.2 Å². The molecule has 0 saturated carbocycles. The van der Waals surface area contributed by atoms with Crippen molar-refractivity contribution >= 4 is 28.2 Å². The number of nitrogens with zero attached hydrogens (tertiary/aromatic N) is 3. The number of likely N-dealkylation sites (tertiary alicyclic amines) is 1. The lowest BCUT2D eigenvalue weighted by Crippen LogP contribution is -2.42. The van der Waals surface area contributed by atoms with Crippen molar-refractivity contribution in [2.45, 2.75) is 18.9 Å². The van der Waals surface area contributed by atoms with E-state index in [0.29, 0.717) is 37.0 Å². The average Bonchev–Trinajstić information content (AvgIpc) is 2.90. The maximum absolute atomic E-state index is 12.6. The molecule has 2 aliphatic heterocycles. The molecule has 0 radical (unpaired) electrons. The SMILES string of the molecule is Nc1nc(N2CCOCC2)sc1C(=O)N1CCC(N)CC1. The number of nitrogen functional groups attached to an aromatic ring is 1. The zero-order valence-corrected chi connectivity index (χ0v) is 12.8. The summed E-state index contributed by atoms with van der Waals surface area (Å²) in [6.07, 6.45) is 1.70. The predicted octanol–water partition coefficient (Wildman–Crippen LogP) is 0.125. The molecule has 2 saturated heterocycles. The molecular weight excluding hydrogens is 290 g/mol. The normalized spacial score (nSPS) is 20.8. The molecule has 116 valence electrons. The molecule has 1 aromatic rings. The van der Waals surface area contributed by atoms with Crippen molar-refractivity contribution in [2.75, 3.05) is 50.0 Å². The van der Waals surface area contributed by atoms with Gasteiger partial charge in [0.2, 0.25) is 0 Å². The van der Waals surface area contributed by atoms with Crippen LogP contribution in [0.5, 0.6) is 0 Å². The van der Waals surface area contributed by atoms with Gasteiger partial charge in [-0.2, -0.15) is 0 Å². The quantitative estimate of drug-likeness (QED) is 0.805. The molecule has 0 aliphatic carbocycles. The number of piperidine rings is 1. The zero-order chi connectivity index (χ0) is 14.8. The Hall–Kier alpha value is -1.38. The summed E-state index contributed by atoms with van der Waals surface area (Å²) in [6, 6.07) is 0.205. The average molecular weight is 311 g/mol. The molecule has 0 unspecified atom stereocenters. The largest absolute Gasteiger partial charge is 0.382 e. The Bertz CT molecular complexity index is 507. The van der Waals surface area contributed by atoms with Gasteiger partial charge in [0, 0.05) is 32.2 Å². The van der Waals surface area contributed by atoms with Crippen LogP contribution < -0.4 is 16.4 Å². The van der Waals surface area contributed by atoms with Crippen LogP contribution in [0.4, 0.5) is 10.9 Å². The van der Waals surface area contributed by atoms with E-state index in [1.807, 2.05) is 4.90 Å². The highest BCUT2D eigenvalue weighted by molar-refractivity contribution is 7.18. The number of carbonyl (C=O) groups excluding carboxylic acids is 1. The van der Waals surface area contributed by atoms with Crippen LogP contribution in [0.2, 0.25) is 0 Å². The summed E-state index contributed by atoms with van der Waals surface area (Å²) in [5.41, 5.74) is 11.8. The van der Waals surface area contributed by atoms with E-state index in [2.05, 4.69) is 9.88 Å². The molecule has 1 aromatic heterocycles. The molecule has 0 spiro atoms. The highest BCUT2D eigenvalue weighted by atomic mass is 32.1. The first kappa shape index (κ1) is 14.6. The number of hydrogen-bond acceptors (Lipinski definition) is 7. The van der Waals surface area contributed by atoms with Gasteiger partial charge in [0.05, 0.1) is 13.2 Å². The number of anilines is 2.